The van der Waals surface area contributed by atoms with Gasteiger partial charge in [0.1, 0.15) is 0 Å². The molecule has 7 heteroatoms. The Morgan fingerprint density at radius 2 is 2.15 bits per heavy atom. The minimum atomic E-state index is -0.170. The zero-order valence-electron chi connectivity index (χ0n) is 10.3. The van der Waals surface area contributed by atoms with E-state index in [9.17, 15) is 0 Å². The molecule has 1 aliphatic rings. The SMILES string of the molecule is [C-]#[N+]C1=NN(C(=C)OO)C(=S)/C1=C\c1ccc(N)cc1. The minimum absolute atomic E-state index is 0.102. The van der Waals surface area contributed by atoms with Crippen LogP contribution in [-0.4, -0.2) is 21.1 Å². The van der Waals surface area contributed by atoms with Crippen molar-refractivity contribution in [2.24, 2.45) is 5.10 Å². The van der Waals surface area contributed by atoms with Crippen LogP contribution in [0.15, 0.2) is 47.4 Å². The lowest BCUT2D eigenvalue weighted by molar-refractivity contribution is -0.218. The van der Waals surface area contributed by atoms with Crippen LogP contribution in [0, 0.1) is 6.57 Å². The summed E-state index contributed by atoms with van der Waals surface area (Å²) in [6.07, 6.45) is 1.71. The molecule has 1 aromatic rings. The Hall–Kier alpha value is -2.69. The summed E-state index contributed by atoms with van der Waals surface area (Å²) < 4.78 is 0. The molecule has 20 heavy (non-hydrogen) atoms. The topological polar surface area (TPSA) is 75.4 Å². The summed E-state index contributed by atoms with van der Waals surface area (Å²) in [5.74, 6) is -0.0677. The van der Waals surface area contributed by atoms with Gasteiger partial charge in [0.15, 0.2) is 4.99 Å². The average Bonchev–Trinajstić information content (AvgIpc) is 2.77. The van der Waals surface area contributed by atoms with E-state index in [0.29, 0.717) is 11.3 Å². The molecule has 0 saturated heterocycles. The second kappa shape index (κ2) is 5.52. The van der Waals surface area contributed by atoms with Gasteiger partial charge in [0.05, 0.1) is 0 Å². The van der Waals surface area contributed by atoms with Gasteiger partial charge in [-0.3, -0.25) is 0 Å². The molecular weight excluding hydrogens is 276 g/mol. The predicted molar refractivity (Wildman–Crippen MR) is 80.2 cm³/mol. The van der Waals surface area contributed by atoms with Crippen molar-refractivity contribution < 1.29 is 10.1 Å². The number of hydrazone groups is 1. The Labute approximate surface area is 120 Å². The van der Waals surface area contributed by atoms with Gasteiger partial charge in [0.2, 0.25) is 0 Å². The average molecular weight is 286 g/mol. The van der Waals surface area contributed by atoms with E-state index in [1.54, 1.807) is 30.3 Å². The molecule has 0 bridgehead atoms. The molecule has 0 unspecified atom stereocenters. The van der Waals surface area contributed by atoms with E-state index in [1.807, 2.05) is 0 Å². The van der Waals surface area contributed by atoms with Gasteiger partial charge in [-0.2, -0.15) is 0 Å². The van der Waals surface area contributed by atoms with Crippen molar-refractivity contribution >= 4 is 34.8 Å². The lowest BCUT2D eigenvalue weighted by Gasteiger charge is -2.08. The molecule has 0 fully saturated rings. The van der Waals surface area contributed by atoms with Crippen molar-refractivity contribution in [2.75, 3.05) is 5.73 Å². The van der Waals surface area contributed by atoms with E-state index < -0.39 is 0 Å². The highest BCUT2D eigenvalue weighted by molar-refractivity contribution is 7.80. The molecule has 6 nitrogen and oxygen atoms in total. The summed E-state index contributed by atoms with van der Waals surface area (Å²) in [6, 6.07) is 7.08. The Morgan fingerprint density at radius 1 is 1.50 bits per heavy atom. The molecule has 0 amide bonds. The molecule has 2 rings (SSSR count). The molecule has 0 radical (unpaired) electrons. The highest BCUT2D eigenvalue weighted by atomic mass is 32.1. The van der Waals surface area contributed by atoms with Crippen molar-refractivity contribution in [2.45, 2.75) is 0 Å². The first kappa shape index (κ1) is 13.7. The molecule has 100 valence electrons. The summed E-state index contributed by atoms with van der Waals surface area (Å²) in [6.45, 7) is 10.6. The normalized spacial score (nSPS) is 16.0. The molecule has 0 aromatic heterocycles. The summed E-state index contributed by atoms with van der Waals surface area (Å²) in [5, 5.41) is 13.6. The Balaban J connectivity index is 2.39. The van der Waals surface area contributed by atoms with E-state index in [4.69, 9.17) is 29.8 Å². The number of hydrogen-bond donors (Lipinski definition) is 2. The summed E-state index contributed by atoms with van der Waals surface area (Å²) in [4.78, 5) is 7.53. The van der Waals surface area contributed by atoms with Crippen molar-refractivity contribution in [3.8, 4) is 0 Å². The lowest BCUT2D eigenvalue weighted by Crippen LogP contribution is -2.20. The third-order valence-electron chi connectivity index (χ3n) is 2.55. The first-order chi connectivity index (χ1) is 9.56. The monoisotopic (exact) mass is 286 g/mol. The van der Waals surface area contributed by atoms with E-state index in [2.05, 4.69) is 21.4 Å². The van der Waals surface area contributed by atoms with Gasteiger partial charge in [0, 0.05) is 11.3 Å². The molecule has 0 atom stereocenters. The maximum absolute atomic E-state index is 8.60. The number of rotatable bonds is 3. The lowest BCUT2D eigenvalue weighted by atomic mass is 10.1. The van der Waals surface area contributed by atoms with Gasteiger partial charge in [-0.05, 0) is 29.4 Å². The van der Waals surface area contributed by atoms with Crippen molar-refractivity contribution in [3.63, 3.8) is 0 Å². The van der Waals surface area contributed by atoms with Crippen LogP contribution in [0.3, 0.4) is 0 Å². The first-order valence-electron chi connectivity index (χ1n) is 5.45. The number of nitrogens with two attached hydrogens (primary N) is 1. The standard InChI is InChI=1S/C13H10N4O2S/c1-8(19-18)17-13(20)11(12(15-2)16-17)7-9-3-5-10(14)6-4-9/h3-7,18H,1,14H2/b11-7-. The van der Waals surface area contributed by atoms with Crippen LogP contribution in [0.4, 0.5) is 5.69 Å². The largest absolute Gasteiger partial charge is 0.399 e. The van der Waals surface area contributed by atoms with Crippen LogP contribution in [0.25, 0.3) is 10.9 Å². The highest BCUT2D eigenvalue weighted by Crippen LogP contribution is 2.24. The van der Waals surface area contributed by atoms with Crippen molar-refractivity contribution in [3.05, 3.63) is 59.3 Å². The quantitative estimate of drug-likeness (QED) is 0.170. The number of hydrogen-bond acceptors (Lipinski definition) is 5. The van der Waals surface area contributed by atoms with Crippen LogP contribution in [0.5, 0.6) is 0 Å². The second-order valence-corrected chi connectivity index (χ2v) is 4.25. The number of nitrogen functional groups attached to an aromatic ring is 1. The zero-order valence-corrected chi connectivity index (χ0v) is 11.1. The maximum atomic E-state index is 8.60. The van der Waals surface area contributed by atoms with E-state index in [1.165, 1.54) is 0 Å². The first-order valence-corrected chi connectivity index (χ1v) is 5.86. The van der Waals surface area contributed by atoms with Gasteiger partial charge < -0.3 is 15.5 Å². The molecule has 0 spiro atoms. The van der Waals surface area contributed by atoms with E-state index >= 15 is 0 Å². The van der Waals surface area contributed by atoms with E-state index in [0.717, 1.165) is 10.6 Å². The molecule has 1 aliphatic heterocycles. The van der Waals surface area contributed by atoms with Crippen LogP contribution >= 0.6 is 12.2 Å². The Bertz CT molecular complexity index is 671. The second-order valence-electron chi connectivity index (χ2n) is 3.86. The number of amidine groups is 1. The number of benzene rings is 1. The molecule has 1 heterocycles. The van der Waals surface area contributed by atoms with Gasteiger partial charge in [0.25, 0.3) is 5.88 Å². The van der Waals surface area contributed by atoms with E-state index in [-0.39, 0.29) is 16.7 Å². The van der Waals surface area contributed by atoms with Gasteiger partial charge in [-0.25, -0.2) is 5.26 Å². The molecule has 1 aromatic carbocycles. The zero-order chi connectivity index (χ0) is 14.7. The van der Waals surface area contributed by atoms with Crippen molar-refractivity contribution in [1.29, 1.82) is 0 Å². The fourth-order valence-electron chi connectivity index (χ4n) is 1.58. The number of thiocarbonyl (C=S) groups is 1. The Morgan fingerprint density at radius 3 is 2.70 bits per heavy atom. The predicted octanol–water partition coefficient (Wildman–Crippen LogP) is 2.49. The fourth-order valence-corrected chi connectivity index (χ4v) is 1.87. The van der Waals surface area contributed by atoms with Crippen LogP contribution in [-0.2, 0) is 4.89 Å². The summed E-state index contributed by atoms with van der Waals surface area (Å²) >= 11 is 5.20. The van der Waals surface area contributed by atoms with Crippen LogP contribution in [0.1, 0.15) is 5.56 Å². The maximum Gasteiger partial charge on any atom is 0.304 e. The third kappa shape index (κ3) is 2.51. The molecule has 0 saturated carbocycles. The smallest absolute Gasteiger partial charge is 0.304 e. The number of anilines is 1. The van der Waals surface area contributed by atoms with Gasteiger partial charge >= 0.3 is 5.84 Å². The Kier molecular flexibility index (Phi) is 3.79. The molecular formula is C13H10N4O2S. The van der Waals surface area contributed by atoms with Gasteiger partial charge in [-0.15, -0.1) is 5.01 Å². The fraction of sp³-hybridized carbons (Fsp3) is 0. The summed E-state index contributed by atoms with van der Waals surface area (Å²) in [7, 11) is 0. The third-order valence-corrected chi connectivity index (χ3v) is 2.95. The summed E-state index contributed by atoms with van der Waals surface area (Å²) in [5.41, 5.74) is 7.54. The van der Waals surface area contributed by atoms with Crippen LogP contribution in [0.2, 0.25) is 0 Å². The minimum Gasteiger partial charge on any atom is -0.399 e. The highest BCUT2D eigenvalue weighted by Gasteiger charge is 2.32. The molecule has 0 aliphatic carbocycles. The van der Waals surface area contributed by atoms with Crippen molar-refractivity contribution in [1.82, 2.24) is 5.01 Å². The number of nitrogens with zero attached hydrogens (tertiary/aromatic N) is 3. The van der Waals surface area contributed by atoms with Crippen LogP contribution < -0.4 is 5.73 Å². The molecule has 3 N–H and O–H groups in total. The van der Waals surface area contributed by atoms with Gasteiger partial charge in [-0.1, -0.05) is 37.0 Å².